The van der Waals surface area contributed by atoms with Crippen LogP contribution in [0, 0.1) is 0 Å². The lowest BCUT2D eigenvalue weighted by atomic mass is 10.0. The Balaban J connectivity index is 2.02. The number of rotatable bonds is 3. The SMILES string of the molecule is CNc1scc(C2=CCc3ccccc3O2)c1C(=O)O. The molecular weight excluding hydrogens is 274 g/mol. The third-order valence-corrected chi connectivity index (χ3v) is 4.19. The van der Waals surface area contributed by atoms with Gasteiger partial charge in [0.25, 0.3) is 0 Å². The Bertz CT molecular complexity index is 703. The van der Waals surface area contributed by atoms with E-state index in [1.54, 1.807) is 7.05 Å². The van der Waals surface area contributed by atoms with Gasteiger partial charge in [0, 0.05) is 18.0 Å². The average Bonchev–Trinajstić information content (AvgIpc) is 2.91. The van der Waals surface area contributed by atoms with Gasteiger partial charge in [0.15, 0.2) is 0 Å². The summed E-state index contributed by atoms with van der Waals surface area (Å²) < 4.78 is 5.84. The molecule has 1 aromatic carbocycles. The van der Waals surface area contributed by atoms with E-state index in [-0.39, 0.29) is 5.56 Å². The zero-order valence-corrected chi connectivity index (χ0v) is 11.7. The van der Waals surface area contributed by atoms with Crippen molar-refractivity contribution in [2.24, 2.45) is 0 Å². The molecule has 0 aliphatic carbocycles. The van der Waals surface area contributed by atoms with Crippen molar-refractivity contribution in [1.82, 2.24) is 0 Å². The maximum Gasteiger partial charge on any atom is 0.339 e. The Morgan fingerprint density at radius 3 is 2.95 bits per heavy atom. The number of anilines is 1. The van der Waals surface area contributed by atoms with Crippen molar-refractivity contribution in [1.29, 1.82) is 0 Å². The highest BCUT2D eigenvalue weighted by Gasteiger charge is 2.23. The van der Waals surface area contributed by atoms with Gasteiger partial charge in [0.05, 0.1) is 0 Å². The second-order valence-corrected chi connectivity index (χ2v) is 5.27. The number of hydrogen-bond donors (Lipinski definition) is 2. The van der Waals surface area contributed by atoms with Crippen LogP contribution in [0.3, 0.4) is 0 Å². The molecule has 1 aliphatic heterocycles. The minimum atomic E-state index is -0.950. The summed E-state index contributed by atoms with van der Waals surface area (Å²) in [6, 6.07) is 7.78. The van der Waals surface area contributed by atoms with Gasteiger partial charge >= 0.3 is 5.97 Å². The van der Waals surface area contributed by atoms with E-state index in [2.05, 4.69) is 5.32 Å². The van der Waals surface area contributed by atoms with Crippen LogP contribution in [0.1, 0.15) is 21.5 Å². The lowest BCUT2D eigenvalue weighted by molar-refractivity contribution is 0.0698. The number of aromatic carboxylic acids is 1. The third kappa shape index (κ3) is 2.06. The average molecular weight is 287 g/mol. The molecule has 1 aromatic heterocycles. The first kappa shape index (κ1) is 12.7. The third-order valence-electron chi connectivity index (χ3n) is 3.20. The molecule has 2 heterocycles. The predicted molar refractivity (Wildman–Crippen MR) is 79.6 cm³/mol. The minimum Gasteiger partial charge on any atom is -0.478 e. The van der Waals surface area contributed by atoms with Crippen LogP contribution in [0.5, 0.6) is 5.75 Å². The fourth-order valence-corrected chi connectivity index (χ4v) is 3.14. The van der Waals surface area contributed by atoms with Crippen molar-refractivity contribution in [3.63, 3.8) is 0 Å². The van der Waals surface area contributed by atoms with Gasteiger partial charge in [0.2, 0.25) is 0 Å². The molecule has 0 unspecified atom stereocenters. The molecule has 0 fully saturated rings. The number of para-hydroxylation sites is 1. The van der Waals surface area contributed by atoms with Crippen molar-refractivity contribution >= 4 is 28.1 Å². The summed E-state index contributed by atoms with van der Waals surface area (Å²) in [6.07, 6.45) is 2.67. The zero-order valence-electron chi connectivity index (χ0n) is 10.8. The second-order valence-electron chi connectivity index (χ2n) is 4.39. The number of nitrogens with one attached hydrogen (secondary N) is 1. The summed E-state index contributed by atoms with van der Waals surface area (Å²) in [5, 5.41) is 14.7. The number of carbonyl (C=O) groups is 1. The number of benzene rings is 1. The van der Waals surface area contributed by atoms with E-state index in [1.807, 2.05) is 35.7 Å². The molecule has 0 bridgehead atoms. The lowest BCUT2D eigenvalue weighted by Crippen LogP contribution is -2.08. The van der Waals surface area contributed by atoms with E-state index in [1.165, 1.54) is 11.3 Å². The van der Waals surface area contributed by atoms with Gasteiger partial charge in [-0.1, -0.05) is 18.2 Å². The summed E-state index contributed by atoms with van der Waals surface area (Å²) in [5.41, 5.74) is 2.00. The van der Waals surface area contributed by atoms with Gasteiger partial charge in [-0.3, -0.25) is 0 Å². The number of thiophene rings is 1. The molecule has 0 atom stereocenters. The van der Waals surface area contributed by atoms with Crippen molar-refractivity contribution < 1.29 is 14.6 Å². The number of allylic oxidation sites excluding steroid dienone is 1. The largest absolute Gasteiger partial charge is 0.478 e. The molecule has 4 nitrogen and oxygen atoms in total. The Morgan fingerprint density at radius 2 is 2.20 bits per heavy atom. The molecule has 0 amide bonds. The van der Waals surface area contributed by atoms with Gasteiger partial charge in [0.1, 0.15) is 22.1 Å². The summed E-state index contributed by atoms with van der Waals surface area (Å²) in [7, 11) is 1.72. The fraction of sp³-hybridized carbons (Fsp3) is 0.133. The predicted octanol–water partition coefficient (Wildman–Crippen LogP) is 3.46. The van der Waals surface area contributed by atoms with Crippen LogP contribution in [-0.2, 0) is 6.42 Å². The van der Waals surface area contributed by atoms with Gasteiger partial charge in [-0.2, -0.15) is 0 Å². The van der Waals surface area contributed by atoms with Gasteiger partial charge < -0.3 is 15.2 Å². The molecule has 5 heteroatoms. The van der Waals surface area contributed by atoms with Crippen molar-refractivity contribution in [2.75, 3.05) is 12.4 Å². The Labute approximate surface area is 120 Å². The Hall–Kier alpha value is -2.27. The molecule has 20 heavy (non-hydrogen) atoms. The first-order valence-corrected chi connectivity index (χ1v) is 7.07. The quantitative estimate of drug-likeness (QED) is 0.907. The van der Waals surface area contributed by atoms with E-state index in [4.69, 9.17) is 4.74 Å². The number of carboxylic acid groups (broad SMARTS) is 1. The molecule has 0 saturated carbocycles. The molecular formula is C15H13NO3S. The molecule has 0 radical (unpaired) electrons. The van der Waals surface area contributed by atoms with Gasteiger partial charge in [-0.05, 0) is 24.1 Å². The van der Waals surface area contributed by atoms with Crippen LogP contribution in [0.2, 0.25) is 0 Å². The molecule has 1 aliphatic rings. The minimum absolute atomic E-state index is 0.267. The molecule has 3 rings (SSSR count). The zero-order chi connectivity index (χ0) is 14.1. The first-order chi connectivity index (χ1) is 9.70. The van der Waals surface area contributed by atoms with E-state index in [0.717, 1.165) is 17.7 Å². The topological polar surface area (TPSA) is 58.6 Å². The van der Waals surface area contributed by atoms with Crippen LogP contribution in [0.25, 0.3) is 5.76 Å². The van der Waals surface area contributed by atoms with E-state index in [0.29, 0.717) is 16.3 Å². The summed E-state index contributed by atoms with van der Waals surface area (Å²) in [6.45, 7) is 0. The fourth-order valence-electron chi connectivity index (χ4n) is 2.24. The van der Waals surface area contributed by atoms with Crippen molar-refractivity contribution in [3.8, 4) is 5.75 Å². The van der Waals surface area contributed by atoms with Gasteiger partial charge in [-0.15, -0.1) is 11.3 Å². The van der Waals surface area contributed by atoms with Crippen LogP contribution < -0.4 is 10.1 Å². The Kier molecular flexibility index (Phi) is 3.20. The smallest absolute Gasteiger partial charge is 0.339 e. The molecule has 0 saturated heterocycles. The van der Waals surface area contributed by atoms with Crippen LogP contribution in [-0.4, -0.2) is 18.1 Å². The summed E-state index contributed by atoms with van der Waals surface area (Å²) >= 11 is 1.37. The second kappa shape index (κ2) is 5.02. The number of fused-ring (bicyclic) bond motifs is 1. The molecule has 102 valence electrons. The highest BCUT2D eigenvalue weighted by atomic mass is 32.1. The van der Waals surface area contributed by atoms with Crippen molar-refractivity contribution in [3.05, 3.63) is 52.4 Å². The molecule has 0 spiro atoms. The standard InChI is InChI=1S/C15H13NO3S/c1-16-14-13(15(17)18)10(8-20-14)12-7-6-9-4-2-3-5-11(9)19-12/h2-5,7-8,16H,6H2,1H3,(H,17,18). The summed E-state index contributed by atoms with van der Waals surface area (Å²) in [5.74, 6) is 0.450. The van der Waals surface area contributed by atoms with E-state index < -0.39 is 5.97 Å². The molecule has 2 N–H and O–H groups in total. The number of ether oxygens (including phenoxy) is 1. The lowest BCUT2D eigenvalue weighted by Gasteiger charge is -2.18. The maximum atomic E-state index is 11.4. The van der Waals surface area contributed by atoms with Crippen LogP contribution >= 0.6 is 11.3 Å². The summed E-state index contributed by atoms with van der Waals surface area (Å²) in [4.78, 5) is 11.4. The van der Waals surface area contributed by atoms with Gasteiger partial charge in [-0.25, -0.2) is 4.79 Å². The first-order valence-electron chi connectivity index (χ1n) is 6.19. The van der Waals surface area contributed by atoms with E-state index in [9.17, 15) is 9.90 Å². The van der Waals surface area contributed by atoms with Crippen molar-refractivity contribution in [2.45, 2.75) is 6.42 Å². The number of carboxylic acids is 1. The monoisotopic (exact) mass is 287 g/mol. The van der Waals surface area contributed by atoms with Crippen LogP contribution in [0.15, 0.2) is 35.7 Å². The maximum absolute atomic E-state index is 11.4. The van der Waals surface area contributed by atoms with E-state index >= 15 is 0 Å². The highest BCUT2D eigenvalue weighted by Crippen LogP contribution is 2.36. The highest BCUT2D eigenvalue weighted by molar-refractivity contribution is 7.14. The Morgan fingerprint density at radius 1 is 1.40 bits per heavy atom. The van der Waals surface area contributed by atoms with Crippen LogP contribution in [0.4, 0.5) is 5.00 Å². The molecule has 2 aromatic rings. The normalized spacial score (nSPS) is 13.2. The number of hydrogen-bond acceptors (Lipinski definition) is 4.